The second-order valence-corrected chi connectivity index (χ2v) is 9.95. The molecule has 0 atom stereocenters. The third kappa shape index (κ3) is 6.22. The van der Waals surface area contributed by atoms with E-state index in [1.807, 2.05) is 24.3 Å². The van der Waals surface area contributed by atoms with Crippen molar-refractivity contribution in [2.45, 2.75) is 31.8 Å². The van der Waals surface area contributed by atoms with Crippen LogP contribution in [0.5, 0.6) is 0 Å². The summed E-state index contributed by atoms with van der Waals surface area (Å²) in [6, 6.07) is 18.0. The lowest BCUT2D eigenvalue weighted by molar-refractivity contribution is 0.102. The van der Waals surface area contributed by atoms with Crippen molar-refractivity contribution in [1.29, 1.82) is 0 Å². The molecule has 0 saturated carbocycles. The van der Waals surface area contributed by atoms with Crippen LogP contribution in [0.1, 0.15) is 35.3 Å². The Kier molecular flexibility index (Phi) is 8.11. The number of carbonyl (C=O) groups excluding carboxylic acids is 1. The minimum absolute atomic E-state index is 0.206. The molecule has 188 valence electrons. The molecule has 1 amide bonds. The minimum atomic E-state index is -0.206. The highest BCUT2D eigenvalue weighted by atomic mass is 35.5. The molecule has 0 bridgehead atoms. The fourth-order valence-electron chi connectivity index (χ4n) is 5.20. The van der Waals surface area contributed by atoms with E-state index in [1.54, 1.807) is 30.6 Å². The quantitative estimate of drug-likeness (QED) is 0.531. The van der Waals surface area contributed by atoms with Crippen LogP contribution in [-0.4, -0.2) is 71.0 Å². The van der Waals surface area contributed by atoms with Crippen molar-refractivity contribution >= 4 is 29.0 Å². The molecule has 2 aromatic heterocycles. The number of anilines is 2. The summed E-state index contributed by atoms with van der Waals surface area (Å²) in [5, 5.41) is 3.75. The van der Waals surface area contributed by atoms with E-state index in [0.717, 1.165) is 63.1 Å². The zero-order chi connectivity index (χ0) is 24.7. The van der Waals surface area contributed by atoms with Crippen LogP contribution in [0.2, 0.25) is 5.02 Å². The van der Waals surface area contributed by atoms with E-state index in [4.69, 9.17) is 16.6 Å². The van der Waals surface area contributed by atoms with Crippen molar-refractivity contribution in [1.82, 2.24) is 19.8 Å². The summed E-state index contributed by atoms with van der Waals surface area (Å²) >= 11 is 6.37. The van der Waals surface area contributed by atoms with E-state index >= 15 is 0 Å². The van der Waals surface area contributed by atoms with Gasteiger partial charge in [-0.25, -0.2) is 4.98 Å². The zero-order valence-electron chi connectivity index (χ0n) is 20.5. The average molecular weight is 505 g/mol. The first-order valence-electron chi connectivity index (χ1n) is 12.8. The molecule has 36 heavy (non-hydrogen) atoms. The van der Waals surface area contributed by atoms with E-state index in [9.17, 15) is 4.79 Å². The molecule has 8 heteroatoms. The highest BCUT2D eigenvalue weighted by Crippen LogP contribution is 2.23. The molecule has 0 unspecified atom stereocenters. The molecular weight excluding hydrogens is 472 g/mol. The summed E-state index contributed by atoms with van der Waals surface area (Å²) < 4.78 is 0. The lowest BCUT2D eigenvalue weighted by Crippen LogP contribution is -2.46. The predicted octanol–water partition coefficient (Wildman–Crippen LogP) is 4.56. The van der Waals surface area contributed by atoms with Gasteiger partial charge in [0.2, 0.25) is 0 Å². The van der Waals surface area contributed by atoms with Gasteiger partial charge in [0.05, 0.1) is 0 Å². The van der Waals surface area contributed by atoms with E-state index < -0.39 is 0 Å². The molecule has 4 heterocycles. The molecule has 1 N–H and O–H groups in total. The van der Waals surface area contributed by atoms with Gasteiger partial charge in [0.1, 0.15) is 11.5 Å². The van der Waals surface area contributed by atoms with Crippen LogP contribution in [0, 0.1) is 0 Å². The highest BCUT2D eigenvalue weighted by molar-refractivity contribution is 6.31. The molecule has 3 aromatic rings. The summed E-state index contributed by atoms with van der Waals surface area (Å²) in [5.41, 5.74) is 2.36. The number of hydrogen-bond acceptors (Lipinski definition) is 6. The summed E-state index contributed by atoms with van der Waals surface area (Å²) in [6.45, 7) is 7.13. The van der Waals surface area contributed by atoms with Crippen LogP contribution in [0.4, 0.5) is 11.5 Å². The summed E-state index contributed by atoms with van der Waals surface area (Å²) in [4.78, 5) is 28.9. The lowest BCUT2D eigenvalue weighted by atomic mass is 10.0. The minimum Gasteiger partial charge on any atom is -0.355 e. The molecule has 1 aromatic carbocycles. The average Bonchev–Trinajstić information content (AvgIpc) is 3.18. The van der Waals surface area contributed by atoms with Gasteiger partial charge in [-0.2, -0.15) is 0 Å². The van der Waals surface area contributed by atoms with Gasteiger partial charge in [0, 0.05) is 61.9 Å². The Balaban J connectivity index is 1.14. The van der Waals surface area contributed by atoms with Gasteiger partial charge >= 0.3 is 0 Å². The number of piperidine rings is 1. The Bertz CT molecular complexity index is 1150. The number of likely N-dealkylation sites (tertiary alicyclic amines) is 1. The predicted molar refractivity (Wildman–Crippen MR) is 145 cm³/mol. The molecule has 0 radical (unpaired) electrons. The first-order chi connectivity index (χ1) is 17.7. The summed E-state index contributed by atoms with van der Waals surface area (Å²) in [5.74, 6) is 0.664. The topological polar surface area (TPSA) is 64.6 Å². The van der Waals surface area contributed by atoms with Gasteiger partial charge in [0.15, 0.2) is 0 Å². The Morgan fingerprint density at radius 2 is 1.72 bits per heavy atom. The van der Waals surface area contributed by atoms with Crippen molar-refractivity contribution < 1.29 is 4.79 Å². The highest BCUT2D eigenvalue weighted by Gasteiger charge is 2.27. The van der Waals surface area contributed by atoms with E-state index in [1.165, 1.54) is 18.4 Å². The van der Waals surface area contributed by atoms with Crippen LogP contribution in [-0.2, 0) is 6.54 Å². The van der Waals surface area contributed by atoms with Crippen LogP contribution < -0.4 is 10.2 Å². The Morgan fingerprint density at radius 1 is 0.917 bits per heavy atom. The molecular formula is C28H33ClN6O. The SMILES string of the molecule is O=C(Nc1ccncc1)c1cccc(N2CCCN(C3CCN(Cc4ccccc4Cl)CC3)CC2)n1. The zero-order valence-corrected chi connectivity index (χ0v) is 21.3. The number of aromatic nitrogens is 2. The van der Waals surface area contributed by atoms with Gasteiger partial charge < -0.3 is 10.2 Å². The normalized spacial score (nSPS) is 18.1. The largest absolute Gasteiger partial charge is 0.355 e. The monoisotopic (exact) mass is 504 g/mol. The summed E-state index contributed by atoms with van der Waals surface area (Å²) in [7, 11) is 0. The fourth-order valence-corrected chi connectivity index (χ4v) is 5.39. The van der Waals surface area contributed by atoms with Gasteiger partial charge in [-0.15, -0.1) is 0 Å². The molecule has 0 aliphatic carbocycles. The Hall–Kier alpha value is -3.00. The van der Waals surface area contributed by atoms with Gasteiger partial charge in [-0.3, -0.25) is 19.6 Å². The third-order valence-electron chi connectivity index (χ3n) is 7.18. The lowest BCUT2D eigenvalue weighted by Gasteiger charge is -2.38. The van der Waals surface area contributed by atoms with Crippen molar-refractivity contribution in [2.24, 2.45) is 0 Å². The van der Waals surface area contributed by atoms with Gasteiger partial charge in [-0.05, 0) is 68.2 Å². The molecule has 7 nitrogen and oxygen atoms in total. The molecule has 2 aliphatic rings. The van der Waals surface area contributed by atoms with E-state index in [0.29, 0.717) is 17.4 Å². The second-order valence-electron chi connectivity index (χ2n) is 9.55. The van der Waals surface area contributed by atoms with Crippen molar-refractivity contribution in [3.05, 3.63) is 83.3 Å². The van der Waals surface area contributed by atoms with Crippen molar-refractivity contribution in [3.8, 4) is 0 Å². The maximum atomic E-state index is 12.7. The van der Waals surface area contributed by atoms with E-state index in [2.05, 4.69) is 37.1 Å². The first kappa shape index (κ1) is 24.7. The number of benzene rings is 1. The second kappa shape index (κ2) is 11.8. The molecule has 0 spiro atoms. The van der Waals surface area contributed by atoms with Crippen molar-refractivity contribution in [2.75, 3.05) is 49.5 Å². The number of halogens is 1. The van der Waals surface area contributed by atoms with Crippen LogP contribution in [0.3, 0.4) is 0 Å². The van der Waals surface area contributed by atoms with Crippen LogP contribution >= 0.6 is 11.6 Å². The van der Waals surface area contributed by atoms with Crippen LogP contribution in [0.25, 0.3) is 0 Å². The standard InChI is InChI=1S/C28H33ClN6O/c29-25-6-2-1-5-22(25)21-33-17-11-24(12-18-33)34-15-4-16-35(20-19-34)27-8-3-7-26(32-27)28(36)31-23-9-13-30-14-10-23/h1-3,5-10,13-14,24H,4,11-12,15-21H2,(H,30,31,36). The van der Waals surface area contributed by atoms with Gasteiger partial charge in [-0.1, -0.05) is 35.9 Å². The van der Waals surface area contributed by atoms with Crippen LogP contribution in [0.15, 0.2) is 67.0 Å². The molecule has 2 fully saturated rings. The number of amides is 1. The van der Waals surface area contributed by atoms with Gasteiger partial charge in [0.25, 0.3) is 5.91 Å². The Morgan fingerprint density at radius 3 is 2.53 bits per heavy atom. The van der Waals surface area contributed by atoms with Crippen molar-refractivity contribution in [3.63, 3.8) is 0 Å². The number of carbonyl (C=O) groups is 1. The fraction of sp³-hybridized carbons (Fsp3) is 0.393. The maximum Gasteiger partial charge on any atom is 0.274 e. The molecule has 2 saturated heterocycles. The number of nitrogens with zero attached hydrogens (tertiary/aromatic N) is 5. The number of pyridine rings is 2. The molecule has 5 rings (SSSR count). The Labute approximate surface area is 218 Å². The summed E-state index contributed by atoms with van der Waals surface area (Å²) in [6.07, 6.45) is 6.78. The first-order valence-corrected chi connectivity index (χ1v) is 13.2. The number of nitrogens with one attached hydrogen (secondary N) is 1. The number of hydrogen-bond donors (Lipinski definition) is 1. The number of rotatable bonds is 6. The smallest absolute Gasteiger partial charge is 0.274 e. The maximum absolute atomic E-state index is 12.7. The van der Waals surface area contributed by atoms with E-state index in [-0.39, 0.29) is 5.91 Å². The third-order valence-corrected chi connectivity index (χ3v) is 7.55. The molecule has 2 aliphatic heterocycles.